The highest BCUT2D eigenvalue weighted by Crippen LogP contribution is 2.17. The predicted octanol–water partition coefficient (Wildman–Crippen LogP) is 1.98. The minimum atomic E-state index is -0.270. The van der Waals surface area contributed by atoms with Crippen molar-refractivity contribution in [3.8, 4) is 0 Å². The zero-order chi connectivity index (χ0) is 11.5. The van der Waals surface area contributed by atoms with Crippen LogP contribution in [0.3, 0.4) is 0 Å². The van der Waals surface area contributed by atoms with Crippen LogP contribution in [0.5, 0.6) is 0 Å². The van der Waals surface area contributed by atoms with Gasteiger partial charge in [0.05, 0.1) is 6.33 Å². The van der Waals surface area contributed by atoms with Crippen LogP contribution in [-0.4, -0.2) is 22.8 Å². The lowest BCUT2D eigenvalue weighted by atomic mass is 10.0. The lowest BCUT2D eigenvalue weighted by Crippen LogP contribution is -2.28. The maximum absolute atomic E-state index is 11.7. The Bertz CT molecular complexity index is 427. The molecule has 16 heavy (non-hydrogen) atoms. The van der Waals surface area contributed by atoms with E-state index in [1.54, 1.807) is 0 Å². The number of aromatic nitrogens is 2. The van der Waals surface area contributed by atoms with Crippen LogP contribution >= 0.6 is 23.2 Å². The van der Waals surface area contributed by atoms with Gasteiger partial charge in [0, 0.05) is 19.8 Å². The monoisotopic (exact) mass is 262 g/mol. The van der Waals surface area contributed by atoms with Gasteiger partial charge in [-0.1, -0.05) is 23.2 Å². The molecule has 1 aromatic heterocycles. The maximum atomic E-state index is 11.7. The van der Waals surface area contributed by atoms with Crippen molar-refractivity contribution in [2.45, 2.75) is 19.4 Å². The van der Waals surface area contributed by atoms with Gasteiger partial charge in [0.2, 0.25) is 0 Å². The Hall–Kier alpha value is -0.580. The van der Waals surface area contributed by atoms with E-state index < -0.39 is 0 Å². The highest BCUT2D eigenvalue weighted by atomic mass is 35.5. The number of hydrogen-bond acceptors (Lipinski definition) is 3. The SMILES string of the molecule is O=c1c(Cl)c(Cl)ncn1CC1CCOCC1. The van der Waals surface area contributed by atoms with Gasteiger partial charge in [-0.2, -0.15) is 0 Å². The highest BCUT2D eigenvalue weighted by Gasteiger charge is 2.16. The third-order valence-corrected chi connectivity index (χ3v) is 3.46. The van der Waals surface area contributed by atoms with Gasteiger partial charge in [-0.05, 0) is 18.8 Å². The highest BCUT2D eigenvalue weighted by molar-refractivity contribution is 6.40. The number of ether oxygens (including phenoxy) is 1. The molecular formula is C10H12Cl2N2O2. The van der Waals surface area contributed by atoms with Crippen LogP contribution in [0.25, 0.3) is 0 Å². The van der Waals surface area contributed by atoms with Crippen LogP contribution < -0.4 is 5.56 Å². The van der Waals surface area contributed by atoms with Crippen LogP contribution in [-0.2, 0) is 11.3 Å². The third-order valence-electron chi connectivity index (χ3n) is 2.74. The average molecular weight is 263 g/mol. The van der Waals surface area contributed by atoms with Crippen molar-refractivity contribution in [2.75, 3.05) is 13.2 Å². The molecule has 0 atom stereocenters. The summed E-state index contributed by atoms with van der Waals surface area (Å²) in [7, 11) is 0. The summed E-state index contributed by atoms with van der Waals surface area (Å²) in [5.74, 6) is 0.450. The van der Waals surface area contributed by atoms with Gasteiger partial charge >= 0.3 is 0 Å². The summed E-state index contributed by atoms with van der Waals surface area (Å²) in [6.07, 6.45) is 3.38. The normalized spacial score (nSPS) is 17.6. The van der Waals surface area contributed by atoms with Crippen LogP contribution in [0.15, 0.2) is 11.1 Å². The Morgan fingerprint density at radius 1 is 1.44 bits per heavy atom. The summed E-state index contributed by atoms with van der Waals surface area (Å²) in [5.41, 5.74) is -0.270. The zero-order valence-electron chi connectivity index (χ0n) is 8.66. The lowest BCUT2D eigenvalue weighted by Gasteiger charge is -2.22. The zero-order valence-corrected chi connectivity index (χ0v) is 10.2. The second-order valence-electron chi connectivity index (χ2n) is 3.86. The van der Waals surface area contributed by atoms with E-state index in [0.29, 0.717) is 12.5 Å². The van der Waals surface area contributed by atoms with Crippen LogP contribution in [0.2, 0.25) is 10.2 Å². The van der Waals surface area contributed by atoms with Crippen molar-refractivity contribution < 1.29 is 4.74 Å². The number of halogens is 2. The maximum Gasteiger partial charge on any atom is 0.273 e. The van der Waals surface area contributed by atoms with Crippen LogP contribution in [0.4, 0.5) is 0 Å². The van der Waals surface area contributed by atoms with E-state index in [1.807, 2.05) is 0 Å². The fourth-order valence-corrected chi connectivity index (χ4v) is 2.06. The molecule has 2 rings (SSSR count). The molecule has 88 valence electrons. The second kappa shape index (κ2) is 5.17. The summed E-state index contributed by atoms with van der Waals surface area (Å²) in [5, 5.41) is 0.0612. The minimum Gasteiger partial charge on any atom is -0.381 e. The van der Waals surface area contributed by atoms with Gasteiger partial charge in [-0.3, -0.25) is 9.36 Å². The first-order valence-corrected chi connectivity index (χ1v) is 5.92. The van der Waals surface area contributed by atoms with Crippen molar-refractivity contribution >= 4 is 23.2 Å². The number of nitrogens with zero attached hydrogens (tertiary/aromatic N) is 2. The molecule has 1 fully saturated rings. The first-order chi connectivity index (χ1) is 7.68. The molecule has 0 N–H and O–H groups in total. The Labute approximate surface area is 103 Å². The quantitative estimate of drug-likeness (QED) is 0.766. The lowest BCUT2D eigenvalue weighted by molar-refractivity contribution is 0.0608. The van der Waals surface area contributed by atoms with E-state index in [0.717, 1.165) is 26.1 Å². The summed E-state index contributed by atoms with van der Waals surface area (Å²) in [4.78, 5) is 15.6. The van der Waals surface area contributed by atoms with E-state index in [-0.39, 0.29) is 15.7 Å². The van der Waals surface area contributed by atoms with Gasteiger partial charge in [0.25, 0.3) is 5.56 Å². The molecule has 0 spiro atoms. The fourth-order valence-electron chi connectivity index (χ4n) is 1.78. The Morgan fingerprint density at radius 2 is 2.12 bits per heavy atom. The Kier molecular flexibility index (Phi) is 3.84. The summed E-state index contributed by atoms with van der Waals surface area (Å²) in [6.45, 7) is 2.15. The first-order valence-electron chi connectivity index (χ1n) is 5.16. The molecule has 1 aromatic rings. The molecule has 1 saturated heterocycles. The van der Waals surface area contributed by atoms with Crippen molar-refractivity contribution in [2.24, 2.45) is 5.92 Å². The van der Waals surface area contributed by atoms with Gasteiger partial charge in [-0.25, -0.2) is 4.98 Å². The van der Waals surface area contributed by atoms with Crippen molar-refractivity contribution in [3.63, 3.8) is 0 Å². The molecule has 0 saturated carbocycles. The molecule has 0 radical (unpaired) electrons. The Morgan fingerprint density at radius 3 is 2.81 bits per heavy atom. The second-order valence-corrected chi connectivity index (χ2v) is 4.60. The third kappa shape index (κ3) is 2.56. The predicted molar refractivity (Wildman–Crippen MR) is 62.1 cm³/mol. The number of hydrogen-bond donors (Lipinski definition) is 0. The van der Waals surface area contributed by atoms with Crippen LogP contribution in [0, 0.1) is 5.92 Å². The van der Waals surface area contributed by atoms with Crippen molar-refractivity contribution in [1.29, 1.82) is 0 Å². The molecular weight excluding hydrogens is 251 g/mol. The first kappa shape index (κ1) is 11.9. The molecule has 0 bridgehead atoms. The average Bonchev–Trinajstić information content (AvgIpc) is 2.31. The van der Waals surface area contributed by atoms with Gasteiger partial charge in [0.15, 0.2) is 5.15 Å². The molecule has 0 amide bonds. The van der Waals surface area contributed by atoms with E-state index in [9.17, 15) is 4.79 Å². The topological polar surface area (TPSA) is 44.1 Å². The molecule has 2 heterocycles. The molecule has 0 aliphatic carbocycles. The molecule has 1 aliphatic heterocycles. The summed E-state index contributed by atoms with van der Waals surface area (Å²) < 4.78 is 6.78. The summed E-state index contributed by atoms with van der Waals surface area (Å²) in [6, 6.07) is 0. The smallest absolute Gasteiger partial charge is 0.273 e. The Balaban J connectivity index is 2.15. The van der Waals surface area contributed by atoms with Crippen molar-refractivity contribution in [1.82, 2.24) is 9.55 Å². The van der Waals surface area contributed by atoms with E-state index in [2.05, 4.69) is 4.98 Å². The van der Waals surface area contributed by atoms with Gasteiger partial charge < -0.3 is 4.74 Å². The summed E-state index contributed by atoms with van der Waals surface area (Å²) >= 11 is 11.4. The molecule has 0 aromatic carbocycles. The van der Waals surface area contributed by atoms with Gasteiger partial charge in [-0.15, -0.1) is 0 Å². The van der Waals surface area contributed by atoms with Gasteiger partial charge in [0.1, 0.15) is 5.02 Å². The number of rotatable bonds is 2. The minimum absolute atomic E-state index is 0.00349. The van der Waals surface area contributed by atoms with E-state index in [1.165, 1.54) is 10.9 Å². The molecule has 4 nitrogen and oxygen atoms in total. The molecule has 1 aliphatic rings. The standard InChI is InChI=1S/C10H12Cl2N2O2/c11-8-9(12)13-6-14(10(8)15)5-7-1-3-16-4-2-7/h6-7H,1-5H2. The molecule has 0 unspecified atom stereocenters. The van der Waals surface area contributed by atoms with E-state index >= 15 is 0 Å². The van der Waals surface area contributed by atoms with Crippen molar-refractivity contribution in [3.05, 3.63) is 26.9 Å². The van der Waals surface area contributed by atoms with E-state index in [4.69, 9.17) is 27.9 Å². The van der Waals surface area contributed by atoms with Crippen LogP contribution in [0.1, 0.15) is 12.8 Å². The fraction of sp³-hybridized carbons (Fsp3) is 0.600. The largest absolute Gasteiger partial charge is 0.381 e. The molecule has 6 heteroatoms.